The topological polar surface area (TPSA) is 91.6 Å². The van der Waals surface area contributed by atoms with E-state index in [4.69, 9.17) is 32.9 Å². The number of fused-ring (bicyclic) bond motifs is 1. The monoisotopic (exact) mass is 503 g/mol. The number of halogens is 2. The van der Waals surface area contributed by atoms with Crippen molar-refractivity contribution in [2.75, 3.05) is 49.6 Å². The highest BCUT2D eigenvalue weighted by Crippen LogP contribution is 2.39. The number of ether oxygens (including phenoxy) is 1. The molecule has 0 amide bonds. The first-order valence-electron chi connectivity index (χ1n) is 11.6. The number of anilines is 3. The van der Waals surface area contributed by atoms with E-state index in [9.17, 15) is 5.11 Å². The van der Waals surface area contributed by atoms with E-state index >= 15 is 0 Å². The molecule has 1 aliphatic carbocycles. The first-order valence-corrected chi connectivity index (χ1v) is 12.4. The summed E-state index contributed by atoms with van der Waals surface area (Å²) < 4.78 is 7.37. The predicted molar refractivity (Wildman–Crippen MR) is 132 cm³/mol. The van der Waals surface area contributed by atoms with Crippen molar-refractivity contribution in [2.24, 2.45) is 0 Å². The van der Waals surface area contributed by atoms with E-state index in [0.717, 1.165) is 55.6 Å². The molecule has 6 rings (SSSR count). The molecule has 4 heterocycles. The molecule has 1 saturated carbocycles. The van der Waals surface area contributed by atoms with E-state index in [0.29, 0.717) is 41.1 Å². The third-order valence-corrected chi connectivity index (χ3v) is 7.93. The summed E-state index contributed by atoms with van der Waals surface area (Å²) in [7, 11) is 0. The highest BCUT2D eigenvalue weighted by molar-refractivity contribution is 6.34. The number of piperazine rings is 1. The van der Waals surface area contributed by atoms with E-state index in [1.165, 1.54) is 0 Å². The van der Waals surface area contributed by atoms with Gasteiger partial charge >= 0.3 is 0 Å². The fourth-order valence-electron chi connectivity index (χ4n) is 4.88. The lowest BCUT2D eigenvalue weighted by atomic mass is 9.95. The van der Waals surface area contributed by atoms with Gasteiger partial charge in [-0.05, 0) is 31.9 Å². The van der Waals surface area contributed by atoms with Crippen LogP contribution >= 0.6 is 23.2 Å². The van der Waals surface area contributed by atoms with E-state index in [-0.39, 0.29) is 5.54 Å². The quantitative estimate of drug-likeness (QED) is 0.546. The van der Waals surface area contributed by atoms with Gasteiger partial charge in [0.1, 0.15) is 0 Å². The Labute approximate surface area is 207 Å². The maximum Gasteiger partial charge on any atom is 0.227 e. The Balaban J connectivity index is 1.21. The number of hydrogen-bond acceptors (Lipinski definition) is 8. The van der Waals surface area contributed by atoms with Crippen LogP contribution in [0.25, 0.3) is 10.9 Å². The van der Waals surface area contributed by atoms with Gasteiger partial charge in [-0.15, -0.1) is 0 Å². The smallest absolute Gasteiger partial charge is 0.227 e. The van der Waals surface area contributed by atoms with Gasteiger partial charge in [0, 0.05) is 37.8 Å². The molecule has 180 valence electrons. The molecule has 9 nitrogen and oxygen atoms in total. The van der Waals surface area contributed by atoms with Gasteiger partial charge in [-0.3, -0.25) is 4.90 Å². The molecule has 3 fully saturated rings. The lowest BCUT2D eigenvalue weighted by molar-refractivity contribution is 0.00884. The molecule has 2 N–H and O–H groups in total. The summed E-state index contributed by atoms with van der Waals surface area (Å²) in [5.74, 6) is 0.464. The van der Waals surface area contributed by atoms with Crippen molar-refractivity contribution in [3.8, 4) is 0 Å². The SMILES string of the molecule is CC1(N2CCN(c3cc4nc(Nc5cnn(C6CC6)c5Cl)ncc4cc3Cl)CC2)COCC1O. The van der Waals surface area contributed by atoms with Gasteiger partial charge in [-0.1, -0.05) is 23.2 Å². The van der Waals surface area contributed by atoms with Crippen LogP contribution in [0.4, 0.5) is 17.3 Å². The van der Waals surface area contributed by atoms with Crippen molar-refractivity contribution in [3.63, 3.8) is 0 Å². The molecule has 2 aromatic heterocycles. The van der Waals surface area contributed by atoms with E-state index < -0.39 is 6.10 Å². The summed E-state index contributed by atoms with van der Waals surface area (Å²) in [6, 6.07) is 4.33. The Bertz CT molecular complexity index is 1230. The van der Waals surface area contributed by atoms with Crippen molar-refractivity contribution in [1.82, 2.24) is 24.6 Å². The number of aromatic nitrogens is 4. The van der Waals surface area contributed by atoms with Gasteiger partial charge in [0.25, 0.3) is 0 Å². The fraction of sp³-hybridized carbons (Fsp3) is 0.522. The third kappa shape index (κ3) is 3.89. The summed E-state index contributed by atoms with van der Waals surface area (Å²) in [5.41, 5.74) is 2.12. The molecule has 2 saturated heterocycles. The van der Waals surface area contributed by atoms with Gasteiger partial charge in [-0.2, -0.15) is 5.10 Å². The minimum Gasteiger partial charge on any atom is -0.389 e. The van der Waals surface area contributed by atoms with Crippen LogP contribution in [-0.4, -0.2) is 80.8 Å². The molecule has 1 aromatic carbocycles. The van der Waals surface area contributed by atoms with E-state index in [1.807, 2.05) is 16.8 Å². The van der Waals surface area contributed by atoms with Crippen LogP contribution in [0.3, 0.4) is 0 Å². The summed E-state index contributed by atoms with van der Waals surface area (Å²) in [5, 5.41) is 20.1. The van der Waals surface area contributed by atoms with E-state index in [2.05, 4.69) is 32.1 Å². The minimum absolute atomic E-state index is 0.332. The van der Waals surface area contributed by atoms with E-state index in [1.54, 1.807) is 12.4 Å². The Morgan fingerprint density at radius 1 is 1.15 bits per heavy atom. The second-order valence-corrected chi connectivity index (χ2v) is 10.3. The van der Waals surface area contributed by atoms with Gasteiger partial charge in [0.15, 0.2) is 5.15 Å². The summed E-state index contributed by atoms with van der Waals surface area (Å²) >= 11 is 13.1. The number of nitrogens with zero attached hydrogens (tertiary/aromatic N) is 6. The average Bonchev–Trinajstić information content (AvgIpc) is 3.54. The normalized spacial score (nSPS) is 25.9. The van der Waals surface area contributed by atoms with Crippen LogP contribution in [-0.2, 0) is 4.74 Å². The van der Waals surface area contributed by atoms with Gasteiger partial charge in [0.2, 0.25) is 5.95 Å². The molecule has 3 aromatic rings. The Morgan fingerprint density at radius 3 is 2.65 bits per heavy atom. The molecule has 0 radical (unpaired) electrons. The van der Waals surface area contributed by atoms with Crippen molar-refractivity contribution >= 4 is 51.4 Å². The number of hydrogen-bond donors (Lipinski definition) is 2. The van der Waals surface area contributed by atoms with Crippen LogP contribution in [0, 0.1) is 0 Å². The first-order chi connectivity index (χ1) is 16.4. The summed E-state index contributed by atoms with van der Waals surface area (Å²) in [4.78, 5) is 13.7. The number of benzene rings is 1. The molecule has 2 unspecified atom stereocenters. The Morgan fingerprint density at radius 2 is 1.94 bits per heavy atom. The highest BCUT2D eigenvalue weighted by atomic mass is 35.5. The standard InChI is InChI=1S/C23H27Cl2N7O2/c1-23(13-34-12-20(23)33)31-6-4-30(5-7-31)19-9-17-14(8-16(19)24)10-26-22(28-17)29-18-11-27-32(21(18)25)15-2-3-15/h8-11,15,20,33H,2-7,12-13H2,1H3,(H,26,28,29). The summed E-state index contributed by atoms with van der Waals surface area (Å²) in [6.45, 7) is 6.29. The van der Waals surface area contributed by atoms with Crippen molar-refractivity contribution in [3.05, 3.63) is 34.7 Å². The largest absolute Gasteiger partial charge is 0.389 e. The maximum atomic E-state index is 10.4. The molecular formula is C23H27Cl2N7O2. The number of aliphatic hydroxyl groups is 1. The Kier molecular flexibility index (Phi) is 5.57. The minimum atomic E-state index is -0.462. The highest BCUT2D eigenvalue weighted by Gasteiger charge is 2.44. The molecule has 0 bridgehead atoms. The number of aliphatic hydroxyl groups excluding tert-OH is 1. The lowest BCUT2D eigenvalue weighted by Gasteiger charge is -2.45. The van der Waals surface area contributed by atoms with Gasteiger partial charge in [-0.25, -0.2) is 14.6 Å². The van der Waals surface area contributed by atoms with Crippen LogP contribution in [0.2, 0.25) is 10.2 Å². The number of nitrogens with one attached hydrogen (secondary N) is 1. The predicted octanol–water partition coefficient (Wildman–Crippen LogP) is 3.48. The van der Waals surface area contributed by atoms with Gasteiger partial charge in [0.05, 0.1) is 59.0 Å². The zero-order chi connectivity index (χ0) is 23.4. The molecular weight excluding hydrogens is 477 g/mol. The third-order valence-electron chi connectivity index (χ3n) is 7.25. The second-order valence-electron chi connectivity index (χ2n) is 9.57. The molecule has 3 aliphatic rings. The van der Waals surface area contributed by atoms with Crippen LogP contribution < -0.4 is 10.2 Å². The zero-order valence-corrected chi connectivity index (χ0v) is 20.4. The zero-order valence-electron chi connectivity index (χ0n) is 18.9. The second kappa shape index (κ2) is 8.49. The molecule has 0 spiro atoms. The average molecular weight is 504 g/mol. The number of rotatable bonds is 5. The van der Waals surface area contributed by atoms with Crippen molar-refractivity contribution in [1.29, 1.82) is 0 Å². The van der Waals surface area contributed by atoms with Crippen LogP contribution in [0.15, 0.2) is 24.5 Å². The molecule has 11 heteroatoms. The van der Waals surface area contributed by atoms with Crippen LogP contribution in [0.5, 0.6) is 0 Å². The molecule has 2 atom stereocenters. The fourth-order valence-corrected chi connectivity index (χ4v) is 5.45. The lowest BCUT2D eigenvalue weighted by Crippen LogP contribution is -2.60. The Hall–Kier alpha value is -2.17. The molecule has 2 aliphatic heterocycles. The maximum absolute atomic E-state index is 10.4. The van der Waals surface area contributed by atoms with Crippen molar-refractivity contribution < 1.29 is 9.84 Å². The molecule has 34 heavy (non-hydrogen) atoms. The van der Waals surface area contributed by atoms with Crippen molar-refractivity contribution in [2.45, 2.75) is 37.5 Å². The first kappa shape index (κ1) is 22.3. The van der Waals surface area contributed by atoms with Gasteiger partial charge < -0.3 is 20.1 Å². The van der Waals surface area contributed by atoms with Crippen LogP contribution in [0.1, 0.15) is 25.8 Å². The summed E-state index contributed by atoms with van der Waals surface area (Å²) in [6.07, 6.45) is 5.24.